The molecule has 3 amide bonds. The van der Waals surface area contributed by atoms with E-state index in [4.69, 9.17) is 25.4 Å². The van der Waals surface area contributed by atoms with Gasteiger partial charge in [-0.1, -0.05) is 60.3 Å². The molecule has 0 saturated carbocycles. The summed E-state index contributed by atoms with van der Waals surface area (Å²) in [6, 6.07) is 36.4. The summed E-state index contributed by atoms with van der Waals surface area (Å²) in [6.45, 7) is 11.6. The number of ether oxygens (including phenoxy) is 2. The fraction of sp³-hybridized carbons (Fsp3) is 0.471. The Morgan fingerprint density at radius 3 is 1.36 bits per heavy atom. The lowest BCUT2D eigenvalue weighted by molar-refractivity contribution is -0.141. The first-order chi connectivity index (χ1) is 56.6. The van der Waals surface area contributed by atoms with Gasteiger partial charge in [0.1, 0.15) is 5.60 Å². The zero-order valence-electron chi connectivity index (χ0n) is 67.7. The van der Waals surface area contributed by atoms with Gasteiger partial charge >= 0.3 is 30.0 Å². The van der Waals surface area contributed by atoms with Gasteiger partial charge in [-0.25, -0.2) is 14.4 Å². The fourth-order valence-corrected chi connectivity index (χ4v) is 14.2. The minimum atomic E-state index is -0.970. The van der Waals surface area contributed by atoms with Gasteiger partial charge < -0.3 is 92.7 Å². The second-order valence-electron chi connectivity index (χ2n) is 30.5. The number of nitrogens with zero attached hydrogens (tertiary/aromatic N) is 9. The van der Waals surface area contributed by atoms with Crippen molar-refractivity contribution in [1.82, 2.24) is 40.6 Å². The van der Waals surface area contributed by atoms with Crippen LogP contribution in [0.25, 0.3) is 0 Å². The number of nitrogen functional groups attached to an aromatic ring is 1. The average molecular weight is 1650 g/mol. The Bertz CT molecular complexity index is 4350. The zero-order chi connectivity index (χ0) is 84.9. The van der Waals surface area contributed by atoms with E-state index in [1.54, 1.807) is 63.6 Å². The molecule has 0 radical (unpaired) electrons. The number of likely N-dealkylation sites (tertiary alicyclic amines) is 2. The molecule has 0 bridgehead atoms. The number of nitrogens with two attached hydrogens (primary N) is 1. The number of hydrogen-bond donors (Lipinski definition) is 14. The van der Waals surface area contributed by atoms with Crippen LogP contribution < -0.4 is 37.6 Å². The SMILES string of the molecule is COC(=O)CC(CCC1CCN(C(=O)CCc2cccc(NC3=NCC(O)CN3)c2)CC1)c1cccnc1.CSC1=NCC(O)CN1C(=O)OC(C)(C)C.Nc1cccc(C(=O)O)c1.O=C(O)CC(CCC1CCN(C(=O)CCc2cccc(NC3=NCC(O)CN3)c2)CC1)c1cccnc1.O=C(O)c1cccc(NC2=NCC(O)CN2)c1. The number of guanidine groups is 3. The first-order valence-corrected chi connectivity index (χ1v) is 41.1. The van der Waals surface area contributed by atoms with Crippen molar-refractivity contribution in [2.45, 2.75) is 153 Å². The number of carboxylic acid groups (broad SMARTS) is 3. The third kappa shape index (κ3) is 33.0. The lowest BCUT2D eigenvalue weighted by Crippen LogP contribution is -2.47. The van der Waals surface area contributed by atoms with E-state index in [9.17, 15) is 59.1 Å². The number of carboxylic acids is 3. The quantitative estimate of drug-likeness (QED) is 0.0211. The number of methoxy groups -OCH3 is 1. The smallest absolute Gasteiger partial charge is 0.416 e. The van der Waals surface area contributed by atoms with Gasteiger partial charge in [-0.05, 0) is 210 Å². The first kappa shape index (κ1) is 92.3. The summed E-state index contributed by atoms with van der Waals surface area (Å²) in [5.41, 5.74) is 12.4. The number of aromatic nitrogens is 2. The van der Waals surface area contributed by atoms with Gasteiger partial charge in [0.2, 0.25) is 11.8 Å². The van der Waals surface area contributed by atoms with Crippen LogP contribution in [0.4, 0.5) is 27.5 Å². The highest BCUT2D eigenvalue weighted by molar-refractivity contribution is 8.13. The summed E-state index contributed by atoms with van der Waals surface area (Å²) in [5.74, 6) is 0.476. The van der Waals surface area contributed by atoms with E-state index in [-0.39, 0.29) is 53.7 Å². The van der Waals surface area contributed by atoms with Crippen molar-refractivity contribution in [3.63, 3.8) is 0 Å². The summed E-state index contributed by atoms with van der Waals surface area (Å²) in [7, 11) is 1.43. The van der Waals surface area contributed by atoms with Crippen molar-refractivity contribution in [2.24, 2.45) is 31.8 Å². The van der Waals surface area contributed by atoms with Crippen LogP contribution in [0, 0.1) is 11.8 Å². The number of hydrogen-bond acceptors (Lipinski definition) is 27. The molecule has 0 spiro atoms. The number of aliphatic carboxylic acids is 1. The Labute approximate surface area is 692 Å². The summed E-state index contributed by atoms with van der Waals surface area (Å²) < 4.78 is 10.1. The maximum absolute atomic E-state index is 12.9. The number of anilines is 4. The molecule has 8 heterocycles. The lowest BCUT2D eigenvalue weighted by Gasteiger charge is -2.33. The largest absolute Gasteiger partial charge is 0.481 e. The van der Waals surface area contributed by atoms with E-state index in [2.05, 4.69) is 61.8 Å². The van der Waals surface area contributed by atoms with Crippen LogP contribution in [0.2, 0.25) is 0 Å². The predicted octanol–water partition coefficient (Wildman–Crippen LogP) is 8.54. The fourth-order valence-electron chi connectivity index (χ4n) is 13.7. The number of piperidine rings is 2. The third-order valence-corrected chi connectivity index (χ3v) is 20.8. The van der Waals surface area contributed by atoms with Crippen LogP contribution >= 0.6 is 11.8 Å². The lowest BCUT2D eigenvalue weighted by atomic mass is 9.85. The number of β-amino-alcohol motifs (C(OH)–C–C–N with tert-alkyl or cyclic N) is 4. The van der Waals surface area contributed by atoms with Gasteiger partial charge in [-0.15, -0.1) is 0 Å². The molecule has 118 heavy (non-hydrogen) atoms. The summed E-state index contributed by atoms with van der Waals surface area (Å²) in [4.78, 5) is 112. The zero-order valence-corrected chi connectivity index (χ0v) is 68.5. The molecular weight excluding hydrogens is 1530 g/mol. The molecular formula is C85H114N16O16S. The molecule has 0 aliphatic carbocycles. The minimum absolute atomic E-state index is 0.0244. The minimum Gasteiger partial charge on any atom is -0.481 e. The number of aliphatic hydroxyl groups excluding tert-OH is 4. The van der Waals surface area contributed by atoms with E-state index in [1.165, 1.54) is 48.0 Å². The number of thioether (sulfide) groups is 1. The second-order valence-corrected chi connectivity index (χ2v) is 31.3. The van der Waals surface area contributed by atoms with Crippen LogP contribution in [0.3, 0.4) is 0 Å². The Morgan fingerprint density at radius 2 is 0.975 bits per heavy atom. The molecule has 2 aromatic heterocycles. The first-order valence-electron chi connectivity index (χ1n) is 39.9. The maximum atomic E-state index is 12.9. The van der Waals surface area contributed by atoms with E-state index in [1.807, 2.05) is 95.0 Å². The van der Waals surface area contributed by atoms with Gasteiger partial charge in [0, 0.05) is 106 Å². The highest BCUT2D eigenvalue weighted by Crippen LogP contribution is 2.33. The third-order valence-electron chi connectivity index (χ3n) is 20.0. The van der Waals surface area contributed by atoms with Crippen LogP contribution in [0.15, 0.2) is 166 Å². The summed E-state index contributed by atoms with van der Waals surface area (Å²) in [6.07, 6.45) is 16.9. The molecule has 6 unspecified atom stereocenters. The summed E-state index contributed by atoms with van der Waals surface area (Å²) in [5, 5.41) is 83.5. The number of aliphatic hydroxyl groups is 4. The molecule has 2 fully saturated rings. The molecule has 12 rings (SSSR count). The van der Waals surface area contributed by atoms with Crippen molar-refractivity contribution in [3.05, 3.63) is 179 Å². The van der Waals surface area contributed by atoms with E-state index >= 15 is 0 Å². The Hall–Kier alpha value is -11.3. The number of esters is 1. The van der Waals surface area contributed by atoms with Crippen molar-refractivity contribution in [1.29, 1.82) is 0 Å². The number of rotatable bonds is 23. The molecule has 33 heteroatoms. The van der Waals surface area contributed by atoms with Gasteiger partial charge in [0.05, 0.1) is 88.2 Å². The van der Waals surface area contributed by atoms with Gasteiger partial charge in [0.15, 0.2) is 23.0 Å². The Morgan fingerprint density at radius 1 is 0.551 bits per heavy atom. The molecule has 6 atom stereocenters. The molecule has 4 aromatic carbocycles. The highest BCUT2D eigenvalue weighted by Gasteiger charge is 2.32. The number of amides is 3. The maximum Gasteiger partial charge on any atom is 0.416 e. The van der Waals surface area contributed by atoms with Crippen molar-refractivity contribution in [2.75, 3.05) is 114 Å². The number of nitrogens with one attached hydrogen (secondary N) is 6. The number of amidine groups is 1. The van der Waals surface area contributed by atoms with Crippen LogP contribution in [-0.4, -0.2) is 247 Å². The van der Waals surface area contributed by atoms with Gasteiger partial charge in [-0.2, -0.15) is 0 Å². The van der Waals surface area contributed by atoms with Crippen molar-refractivity contribution in [3.8, 4) is 0 Å². The number of benzene rings is 4. The number of pyridine rings is 2. The van der Waals surface area contributed by atoms with E-state index in [0.717, 1.165) is 111 Å². The highest BCUT2D eigenvalue weighted by atomic mass is 32.2. The number of carbonyl (C=O) groups excluding carboxylic acids is 4. The Balaban J connectivity index is 0.000000199. The number of aryl methyl sites for hydroxylation is 2. The van der Waals surface area contributed by atoms with E-state index < -0.39 is 54.0 Å². The molecule has 15 N–H and O–H groups in total. The van der Waals surface area contributed by atoms with E-state index in [0.29, 0.717) is 124 Å². The number of aromatic carboxylic acids is 2. The second kappa shape index (κ2) is 47.8. The van der Waals surface area contributed by atoms with Gasteiger partial charge in [-0.3, -0.25) is 54.0 Å². The molecule has 6 aliphatic heterocycles. The van der Waals surface area contributed by atoms with Gasteiger partial charge in [0.25, 0.3) is 0 Å². The topological polar surface area (TPSA) is 463 Å². The predicted molar refractivity (Wildman–Crippen MR) is 455 cm³/mol. The van der Waals surface area contributed by atoms with Crippen LogP contribution in [0.1, 0.15) is 153 Å². The number of aliphatic imine (C=N–C) groups is 4. The molecule has 636 valence electrons. The summed E-state index contributed by atoms with van der Waals surface area (Å²) >= 11 is 1.37. The van der Waals surface area contributed by atoms with Crippen LogP contribution in [0.5, 0.6) is 0 Å². The van der Waals surface area contributed by atoms with Crippen molar-refractivity contribution < 1.29 is 78.8 Å². The Kier molecular flexibility index (Phi) is 37.4. The normalized spacial score (nSPS) is 18.5. The molecule has 6 aromatic rings. The molecule has 2 saturated heterocycles. The monoisotopic (exact) mass is 1650 g/mol. The molecule has 32 nitrogen and oxygen atoms in total. The van der Waals surface area contributed by atoms with Crippen molar-refractivity contribution >= 4 is 99.3 Å². The number of carbonyl (C=O) groups is 7. The molecule has 6 aliphatic rings. The average Bonchev–Trinajstić information content (AvgIpc) is 0.880. The van der Waals surface area contributed by atoms with Crippen LogP contribution in [-0.2, 0) is 41.5 Å². The standard InChI is InChI=1S/C29H39N5O4.C28H37N5O4.C11H13N3O3.C10H18N2O3S.C7H7NO2/c1-38-28(37)17-23(24-5-3-13-30-18-24)9-7-21-11-14-34(15-12-21)27(36)10-8-22-4-2-6-25(16-22)33-29-31-19-26(35)20-32-29;34-25-18-30-28(31-19-25)32-24-5-1-3-21(15-24)7-9-26(35)33-13-10-20(11-14-33)6-8-22(16-27(36)37)23-4-2-12-29-17-23;15-9-5-12-11(13-6-9)14-8-3-1-2-7(4-8)10(16)17;1-10(2,3)15-9(14)12-6-7(13)5-11-8(12)16-4;8-6-3-1-2-5(4-6)7(9)10/h2-6,13,16,18,21,23,26,35H,7-12,14-15,17,19-20H2,1H3,(H2,31,32,33);1-5,12,15,17,20,22,25,34H,6-11,13-14,16,18-19H2,(H,36,37)(H2,30,31,32);1-4,9,15H,5-6H2,(H,16,17)(H2,12,13,14);7,13H,5-6H2,1-4H3;1-4H,8H2,(H,9,10).